The number of hydrogen-bond acceptors (Lipinski definition) is 5. The minimum Gasteiger partial charge on any atom is -0.465 e. The van der Waals surface area contributed by atoms with Crippen LogP contribution in [0.4, 0.5) is 10.5 Å². The minimum atomic E-state index is -0.973. The number of nitrogens with zero attached hydrogens (tertiary/aromatic N) is 5. The Balaban J connectivity index is 0.00000320. The number of halogens is 1. The number of anilines is 1. The molecule has 164 valence electrons. The monoisotopic (exact) mass is 436 g/mol. The molecule has 0 spiro atoms. The van der Waals surface area contributed by atoms with Crippen molar-refractivity contribution in [1.82, 2.24) is 19.9 Å². The summed E-state index contributed by atoms with van der Waals surface area (Å²) in [5, 5.41) is 18.1. The van der Waals surface area contributed by atoms with E-state index in [-0.39, 0.29) is 36.4 Å². The first-order chi connectivity index (χ1) is 13.7. The zero-order chi connectivity index (χ0) is 21.3. The topological polar surface area (TPSA) is 118 Å². The normalized spacial score (nSPS) is 18.0. The molecule has 0 saturated heterocycles. The highest BCUT2D eigenvalue weighted by molar-refractivity contribution is 5.94. The zero-order valence-electron chi connectivity index (χ0n) is 17.6. The summed E-state index contributed by atoms with van der Waals surface area (Å²) < 4.78 is 1.67. The third-order valence-electron chi connectivity index (χ3n) is 5.30. The van der Waals surface area contributed by atoms with E-state index in [1.54, 1.807) is 9.58 Å². The third kappa shape index (κ3) is 4.41. The molecular formula is C20H29ClN6O3. The van der Waals surface area contributed by atoms with Crippen molar-refractivity contribution in [2.75, 3.05) is 11.4 Å². The number of carboxylic acid groups (broad SMARTS) is 1. The lowest BCUT2D eigenvalue weighted by Gasteiger charge is -2.43. The number of fused-ring (bicyclic) bond motifs is 1. The first-order valence-electron chi connectivity index (χ1n) is 9.80. The Labute approximate surface area is 182 Å². The van der Waals surface area contributed by atoms with Crippen molar-refractivity contribution in [2.24, 2.45) is 5.73 Å². The van der Waals surface area contributed by atoms with Gasteiger partial charge in [-0.1, -0.05) is 11.3 Å². The number of rotatable bonds is 5. The van der Waals surface area contributed by atoms with E-state index >= 15 is 0 Å². The maximum absolute atomic E-state index is 12.3. The lowest BCUT2D eigenvalue weighted by Crippen LogP contribution is -2.48. The van der Waals surface area contributed by atoms with Crippen LogP contribution in [0.2, 0.25) is 0 Å². The molecule has 0 aliphatic carbocycles. The lowest BCUT2D eigenvalue weighted by molar-refractivity contribution is -0.117. The molecule has 1 aromatic heterocycles. The summed E-state index contributed by atoms with van der Waals surface area (Å²) in [6.45, 7) is 8.23. The molecule has 0 fully saturated rings. The Morgan fingerprint density at radius 1 is 1.37 bits per heavy atom. The van der Waals surface area contributed by atoms with E-state index in [0.717, 1.165) is 16.8 Å². The second-order valence-corrected chi connectivity index (χ2v) is 7.70. The molecule has 30 heavy (non-hydrogen) atoms. The van der Waals surface area contributed by atoms with E-state index < -0.39 is 6.09 Å². The predicted octanol–water partition coefficient (Wildman–Crippen LogP) is 2.90. The number of hydrogen-bond donors (Lipinski definition) is 2. The third-order valence-corrected chi connectivity index (χ3v) is 5.30. The summed E-state index contributed by atoms with van der Waals surface area (Å²) in [5.41, 5.74) is 8.63. The summed E-state index contributed by atoms with van der Waals surface area (Å²) in [5.74, 6) is -0.0646. The first kappa shape index (κ1) is 23.6. The van der Waals surface area contributed by atoms with Crippen molar-refractivity contribution in [3.63, 3.8) is 0 Å². The molecule has 2 amide bonds. The van der Waals surface area contributed by atoms with Crippen LogP contribution in [0.15, 0.2) is 24.4 Å². The van der Waals surface area contributed by atoms with Crippen molar-refractivity contribution < 1.29 is 14.7 Å². The maximum Gasteiger partial charge on any atom is 0.408 e. The summed E-state index contributed by atoms with van der Waals surface area (Å²) in [6.07, 6.45) is 1.37. The van der Waals surface area contributed by atoms with E-state index in [9.17, 15) is 14.7 Å². The van der Waals surface area contributed by atoms with Crippen molar-refractivity contribution in [3.05, 3.63) is 30.0 Å². The molecule has 1 aliphatic heterocycles. The van der Waals surface area contributed by atoms with Crippen LogP contribution in [-0.2, 0) is 11.3 Å². The fraction of sp³-hybridized carbons (Fsp3) is 0.500. The van der Waals surface area contributed by atoms with E-state index in [4.69, 9.17) is 5.73 Å². The molecular weight excluding hydrogens is 408 g/mol. The van der Waals surface area contributed by atoms with Gasteiger partial charge >= 0.3 is 6.09 Å². The average molecular weight is 437 g/mol. The standard InChI is InChI=1S/C20H28N6O3.ClH/c1-12(2)25(20(28)29)19-9-13(3)26(14(4)27)18-6-5-15(10-16(18)19)17-11-24(8-7-21)23-22-17;/h5-6,10-13,19H,7-9,21H2,1-4H3,(H,28,29);1H/t13-,19+;/m0./s1. The molecule has 2 atom stereocenters. The molecule has 0 unspecified atom stereocenters. The van der Waals surface area contributed by atoms with Crippen molar-refractivity contribution in [2.45, 2.75) is 58.8 Å². The Kier molecular flexibility index (Phi) is 7.44. The molecule has 3 N–H and O–H groups in total. The average Bonchev–Trinajstić information content (AvgIpc) is 3.09. The Morgan fingerprint density at radius 2 is 2.07 bits per heavy atom. The maximum atomic E-state index is 12.3. The Bertz CT molecular complexity index is 916. The Hall–Kier alpha value is -2.65. The van der Waals surface area contributed by atoms with Crippen molar-refractivity contribution >= 4 is 30.1 Å². The molecule has 1 aromatic carbocycles. The van der Waals surface area contributed by atoms with E-state index in [2.05, 4.69) is 10.3 Å². The highest BCUT2D eigenvalue weighted by Crippen LogP contribution is 2.42. The van der Waals surface area contributed by atoms with Gasteiger partial charge in [0.05, 0.1) is 18.8 Å². The molecule has 2 aromatic rings. The largest absolute Gasteiger partial charge is 0.465 e. The van der Waals surface area contributed by atoms with E-state index in [1.165, 1.54) is 11.8 Å². The van der Waals surface area contributed by atoms with Gasteiger partial charge in [-0.3, -0.25) is 14.4 Å². The van der Waals surface area contributed by atoms with Crippen LogP contribution in [0, 0.1) is 0 Å². The fourth-order valence-electron chi connectivity index (χ4n) is 4.12. The number of benzene rings is 1. The second kappa shape index (κ2) is 9.44. The highest BCUT2D eigenvalue weighted by Gasteiger charge is 2.38. The second-order valence-electron chi connectivity index (χ2n) is 7.70. The number of carbonyl (C=O) groups is 2. The van der Waals surface area contributed by atoms with Gasteiger partial charge in [0.1, 0.15) is 5.69 Å². The van der Waals surface area contributed by atoms with Crippen LogP contribution in [0.1, 0.15) is 45.7 Å². The van der Waals surface area contributed by atoms with Crippen LogP contribution in [0.25, 0.3) is 11.3 Å². The van der Waals surface area contributed by atoms with Crippen molar-refractivity contribution in [1.29, 1.82) is 0 Å². The van der Waals surface area contributed by atoms with Gasteiger partial charge in [-0.15, -0.1) is 17.5 Å². The SMILES string of the molecule is CC(=O)N1c2ccc(-c3cn(CCN)nn3)cc2[C@H](N(C(=O)O)C(C)C)C[C@@H]1C.Cl. The molecule has 2 heterocycles. The minimum absolute atomic E-state index is 0. The van der Waals surface area contributed by atoms with Gasteiger partial charge in [0.2, 0.25) is 5.91 Å². The zero-order valence-corrected chi connectivity index (χ0v) is 18.5. The van der Waals surface area contributed by atoms with Crippen LogP contribution in [-0.4, -0.2) is 55.6 Å². The van der Waals surface area contributed by atoms with Gasteiger partial charge in [-0.25, -0.2) is 4.79 Å². The summed E-state index contributed by atoms with van der Waals surface area (Å²) in [4.78, 5) is 27.5. The first-order valence-corrected chi connectivity index (χ1v) is 9.80. The summed E-state index contributed by atoms with van der Waals surface area (Å²) >= 11 is 0. The number of nitrogens with two attached hydrogens (primary N) is 1. The molecule has 10 heteroatoms. The van der Waals surface area contributed by atoms with Crippen LogP contribution in [0.5, 0.6) is 0 Å². The smallest absolute Gasteiger partial charge is 0.408 e. The predicted molar refractivity (Wildman–Crippen MR) is 117 cm³/mol. The van der Waals surface area contributed by atoms with Crippen LogP contribution in [0.3, 0.4) is 0 Å². The van der Waals surface area contributed by atoms with Gasteiger partial charge in [0.25, 0.3) is 0 Å². The van der Waals surface area contributed by atoms with E-state index in [1.807, 2.05) is 45.2 Å². The van der Waals surface area contributed by atoms with Gasteiger partial charge in [-0.05, 0) is 44.9 Å². The number of aromatic nitrogens is 3. The van der Waals surface area contributed by atoms with Crippen LogP contribution >= 0.6 is 12.4 Å². The summed E-state index contributed by atoms with van der Waals surface area (Å²) in [7, 11) is 0. The van der Waals surface area contributed by atoms with Crippen LogP contribution < -0.4 is 10.6 Å². The molecule has 9 nitrogen and oxygen atoms in total. The van der Waals surface area contributed by atoms with Gasteiger partial charge in [0.15, 0.2) is 0 Å². The van der Waals surface area contributed by atoms with Crippen molar-refractivity contribution in [3.8, 4) is 11.3 Å². The van der Waals surface area contributed by atoms with Gasteiger partial charge in [0, 0.05) is 36.8 Å². The molecule has 0 saturated carbocycles. The molecule has 0 radical (unpaired) electrons. The number of carbonyl (C=O) groups excluding carboxylic acids is 1. The van der Waals surface area contributed by atoms with Gasteiger partial charge in [-0.2, -0.15) is 0 Å². The van der Waals surface area contributed by atoms with Gasteiger partial charge < -0.3 is 15.7 Å². The lowest BCUT2D eigenvalue weighted by atomic mass is 9.88. The summed E-state index contributed by atoms with van der Waals surface area (Å²) in [6, 6.07) is 5.03. The molecule has 1 aliphatic rings. The quantitative estimate of drug-likeness (QED) is 0.744. The number of amides is 2. The fourth-order valence-corrected chi connectivity index (χ4v) is 4.12. The van der Waals surface area contributed by atoms with E-state index in [0.29, 0.717) is 25.2 Å². The molecule has 0 bridgehead atoms. The highest BCUT2D eigenvalue weighted by atomic mass is 35.5. The molecule has 3 rings (SSSR count). The Morgan fingerprint density at radius 3 is 2.63 bits per heavy atom.